The molecular weight excluding hydrogens is 1060 g/mol. The summed E-state index contributed by atoms with van der Waals surface area (Å²) in [6.45, 7) is -2.37. The van der Waals surface area contributed by atoms with Crippen molar-refractivity contribution in [2.75, 3.05) is 13.6 Å². The fraction of sp³-hybridized carbons (Fsp3) is 0.857. The maximum absolute atomic E-state index is 15.1. The van der Waals surface area contributed by atoms with Crippen LogP contribution in [-0.4, -0.2) is 96.6 Å². The lowest BCUT2D eigenvalue weighted by Gasteiger charge is -2.41. The van der Waals surface area contributed by atoms with Crippen LogP contribution in [0.1, 0.15) is 109 Å². The van der Waals surface area contributed by atoms with Crippen molar-refractivity contribution in [2.45, 2.75) is 176 Å². The van der Waals surface area contributed by atoms with Crippen molar-refractivity contribution in [1.82, 2.24) is 0 Å². The first-order valence-corrected chi connectivity index (χ1v) is 21.0. The maximum Gasteiger partial charge on any atom is 0.430 e. The monoisotopic (exact) mass is 1110 g/mol. The van der Waals surface area contributed by atoms with Gasteiger partial charge in [-0.3, -0.25) is 0 Å². The van der Waals surface area contributed by atoms with Gasteiger partial charge < -0.3 is 29.2 Å². The molecule has 0 amide bonds. The van der Waals surface area contributed by atoms with Crippen molar-refractivity contribution in [3.8, 4) is 0 Å². The van der Waals surface area contributed by atoms with E-state index in [1.54, 1.807) is 0 Å². The molecule has 4 aliphatic carbocycles. The Hall–Kier alpha value is -2.70. The second-order valence-corrected chi connectivity index (χ2v) is 18.6. The highest BCUT2D eigenvalue weighted by Crippen LogP contribution is 2.61. The van der Waals surface area contributed by atoms with E-state index in [9.17, 15) is 62.9 Å². The minimum Gasteiger partial charge on any atom is -0.374 e. The van der Waals surface area contributed by atoms with Crippen LogP contribution >= 0.6 is 0 Å². The molecule has 0 radical (unpaired) electrons. The van der Waals surface area contributed by atoms with Crippen LogP contribution < -0.4 is 0 Å². The van der Waals surface area contributed by atoms with Crippen LogP contribution in [0.2, 0.25) is 0 Å². The predicted molar refractivity (Wildman–Crippen MR) is 200 cm³/mol. The minimum absolute atomic E-state index is 0. The largest absolute Gasteiger partial charge is 0.430 e. The van der Waals surface area contributed by atoms with Crippen molar-refractivity contribution in [3.05, 3.63) is 34.9 Å². The van der Waals surface area contributed by atoms with Gasteiger partial charge in [-0.2, -0.15) is 105 Å². The molecule has 30 heteroatoms. The second kappa shape index (κ2) is 20.3. The Morgan fingerprint density at radius 3 is 0.986 bits per heavy atom. The summed E-state index contributed by atoms with van der Waals surface area (Å²) in [5, 5.41) is 19.4. The predicted octanol–water partition coefficient (Wildman–Crippen LogP) is 14.4. The molecule has 1 aromatic carbocycles. The summed E-state index contributed by atoms with van der Waals surface area (Å²) in [5.41, 5.74) is -28.6. The van der Waals surface area contributed by atoms with Gasteiger partial charge in [0.05, 0.1) is 12.2 Å². The van der Waals surface area contributed by atoms with Crippen molar-refractivity contribution in [2.24, 2.45) is 35.5 Å². The molecule has 0 heterocycles. The molecule has 0 spiro atoms. The van der Waals surface area contributed by atoms with E-state index in [1.165, 1.54) is 0 Å². The minimum atomic E-state index is -6.90. The van der Waals surface area contributed by atoms with Gasteiger partial charge in [0.25, 0.3) is 22.4 Å². The average Bonchev–Trinajstić information content (AvgIpc) is 3.95. The first-order chi connectivity index (χ1) is 31.3. The highest BCUT2D eigenvalue weighted by molar-refractivity contribution is 5.42. The molecule has 0 aromatic heterocycles. The lowest BCUT2D eigenvalue weighted by Crippen LogP contribution is -2.58. The number of hydrogen-bond donors (Lipinski definition) is 2. The summed E-state index contributed by atoms with van der Waals surface area (Å²) >= 11 is 0. The molecule has 1 aromatic rings. The van der Waals surface area contributed by atoms with Gasteiger partial charge in [0.2, 0.25) is 0 Å². The van der Waals surface area contributed by atoms with E-state index in [4.69, 9.17) is 9.47 Å². The number of rotatable bonds is 16. The fourth-order valence-electron chi connectivity index (χ4n) is 10.7. The Kier molecular flexibility index (Phi) is 18.0. The Morgan fingerprint density at radius 1 is 0.458 bits per heavy atom. The smallest absolute Gasteiger partial charge is 0.374 e. The van der Waals surface area contributed by atoms with Crippen molar-refractivity contribution in [1.29, 1.82) is 0 Å². The summed E-state index contributed by atoms with van der Waals surface area (Å²) in [6.07, 6.45) is -63.2. The molecule has 4 saturated carbocycles. The average molecular weight is 1110 g/mol. The summed E-state index contributed by atoms with van der Waals surface area (Å²) in [5.74, 6) is -9.63. The SMILES string of the molecule is C.C.CCC(C)c1cc(C(OCOC2CC3CC(CC(O)(C(F)(F)F)C(F)(F)F)C2C3)(C(F)(F)F)C(F)(F)F)cc(C(OCOC2CC3CC(CC(O)(C(F)(F)F)C(F)(F)F)C2C3)(C(F)(F)F)C(F)(F)F)c1. The zero-order valence-corrected chi connectivity index (χ0v) is 35.8. The maximum atomic E-state index is 15.1. The lowest BCUT2D eigenvalue weighted by atomic mass is 9.78. The number of alkyl halides is 24. The molecular formula is C42H50F24O6. The topological polar surface area (TPSA) is 77.4 Å². The highest BCUT2D eigenvalue weighted by atomic mass is 19.4. The van der Waals surface area contributed by atoms with Crippen LogP contribution in [0.5, 0.6) is 0 Å². The van der Waals surface area contributed by atoms with Crippen LogP contribution in [0.15, 0.2) is 18.2 Å². The summed E-state index contributed by atoms with van der Waals surface area (Å²) < 4.78 is 362. The third-order valence-electron chi connectivity index (χ3n) is 14.4. The van der Waals surface area contributed by atoms with E-state index in [-0.39, 0.29) is 46.2 Å². The first kappa shape index (κ1) is 63.6. The number of hydrogen-bond acceptors (Lipinski definition) is 6. The standard InChI is InChI=1S/C40H42F24O6.2CH4/c1-3-17(2)20-10-23(31(37(53,54)55,38(56,57)58)69-15-67-27-8-18-4-21(25(27)6-18)13-29(65,33(41,42)43)34(44,45)46)12-24(11-20)32(39(59,60)61,40(62,63)64)70-16-68-28-9-19-5-22(26(28)7-19)14-30(66,35(47,48)49)36(50,51)52;;/h10-12,17-19,21-22,25-28,65-66H,3-9,13-16H2,1-2H3;2*1H4. The number of fused-ring (bicyclic) bond motifs is 4. The van der Waals surface area contributed by atoms with Gasteiger partial charge in [-0.05, 0) is 111 Å². The van der Waals surface area contributed by atoms with Gasteiger partial charge in [0, 0.05) is 11.1 Å². The number of ether oxygens (including phenoxy) is 4. The van der Waals surface area contributed by atoms with E-state index in [0.717, 1.165) is 13.8 Å². The molecule has 4 fully saturated rings. The molecule has 72 heavy (non-hydrogen) atoms. The third-order valence-corrected chi connectivity index (χ3v) is 14.4. The summed E-state index contributed by atoms with van der Waals surface area (Å²) in [7, 11) is 0. The Morgan fingerprint density at radius 2 is 0.750 bits per heavy atom. The zero-order valence-electron chi connectivity index (χ0n) is 35.8. The molecule has 0 saturated heterocycles. The quantitative estimate of drug-likeness (QED) is 0.127. The fourth-order valence-corrected chi connectivity index (χ4v) is 10.7. The number of aliphatic hydroxyl groups is 2. The summed E-state index contributed by atoms with van der Waals surface area (Å²) in [4.78, 5) is 0. The van der Waals surface area contributed by atoms with Gasteiger partial charge in [-0.25, -0.2) is 0 Å². The van der Waals surface area contributed by atoms with Crippen molar-refractivity contribution in [3.63, 3.8) is 0 Å². The van der Waals surface area contributed by atoms with E-state index < -0.39 is 200 Å². The molecule has 9 atom stereocenters. The Bertz CT molecular complexity index is 1780. The third kappa shape index (κ3) is 11.1. The molecule has 0 aliphatic heterocycles. The molecule has 9 unspecified atom stereocenters. The number of halogens is 24. The zero-order chi connectivity index (χ0) is 53.7. The van der Waals surface area contributed by atoms with Gasteiger partial charge >= 0.3 is 49.4 Å². The van der Waals surface area contributed by atoms with Crippen LogP contribution in [0, 0.1) is 35.5 Å². The van der Waals surface area contributed by atoms with Crippen LogP contribution in [-0.2, 0) is 30.1 Å². The molecule has 4 bridgehead atoms. The van der Waals surface area contributed by atoms with Gasteiger partial charge in [0.1, 0.15) is 13.6 Å². The molecule has 6 nitrogen and oxygen atoms in total. The Labute approximate surface area is 395 Å². The summed E-state index contributed by atoms with van der Waals surface area (Å²) in [6, 6.07) is -1.03. The molecule has 5 rings (SSSR count). The van der Waals surface area contributed by atoms with Crippen molar-refractivity contribution < 1.29 is 135 Å². The van der Waals surface area contributed by atoms with E-state index in [0.29, 0.717) is 0 Å². The van der Waals surface area contributed by atoms with Gasteiger partial charge in [-0.15, -0.1) is 0 Å². The van der Waals surface area contributed by atoms with Crippen LogP contribution in [0.3, 0.4) is 0 Å². The number of benzene rings is 1. The molecule has 4 aliphatic rings. The van der Waals surface area contributed by atoms with Crippen LogP contribution in [0.25, 0.3) is 0 Å². The van der Waals surface area contributed by atoms with Crippen molar-refractivity contribution >= 4 is 0 Å². The van der Waals surface area contributed by atoms with E-state index in [1.807, 2.05) is 0 Å². The van der Waals surface area contributed by atoms with Gasteiger partial charge in [-0.1, -0.05) is 40.8 Å². The lowest BCUT2D eigenvalue weighted by molar-refractivity contribution is -0.406. The highest BCUT2D eigenvalue weighted by Gasteiger charge is 2.77. The molecule has 2 N–H and O–H groups in total. The van der Waals surface area contributed by atoms with Crippen LogP contribution in [0.4, 0.5) is 105 Å². The van der Waals surface area contributed by atoms with Gasteiger partial charge in [0.15, 0.2) is 0 Å². The Balaban J connectivity index is 0.00000684. The van der Waals surface area contributed by atoms with E-state index >= 15 is 52.7 Å². The normalized spacial score (nSPS) is 26.5. The van der Waals surface area contributed by atoms with E-state index in [2.05, 4.69) is 9.47 Å². The molecule has 422 valence electrons. The first-order valence-electron chi connectivity index (χ1n) is 21.0. The second-order valence-electron chi connectivity index (χ2n) is 18.6.